The average Bonchev–Trinajstić information content (AvgIpc) is 3.32. The Bertz CT molecular complexity index is 796. The minimum absolute atomic E-state index is 0.0421. The fourth-order valence-corrected chi connectivity index (χ4v) is 5.80. The molecule has 3 aliphatic rings. The third-order valence-electron chi connectivity index (χ3n) is 5.59. The first-order valence-electron chi connectivity index (χ1n) is 8.46. The summed E-state index contributed by atoms with van der Waals surface area (Å²) in [5.74, 6) is -3.09. The molecule has 4 rings (SSSR count). The number of nitrogens with one attached hydrogen (secondary N) is 1. The van der Waals surface area contributed by atoms with E-state index in [1.165, 1.54) is 18.4 Å². The van der Waals surface area contributed by atoms with Gasteiger partial charge in [-0.2, -0.15) is 0 Å². The number of thiophene rings is 1. The van der Waals surface area contributed by atoms with Gasteiger partial charge >= 0.3 is 11.9 Å². The number of aliphatic carboxylic acids is 1. The molecular formula is C18H19NO5S. The summed E-state index contributed by atoms with van der Waals surface area (Å²) >= 11 is 1.41. The molecule has 0 aromatic carbocycles. The van der Waals surface area contributed by atoms with Gasteiger partial charge < -0.3 is 15.2 Å². The summed E-state index contributed by atoms with van der Waals surface area (Å²) < 4.78 is 4.89. The second-order valence-electron chi connectivity index (χ2n) is 6.88. The summed E-state index contributed by atoms with van der Waals surface area (Å²) in [6, 6.07) is 0. The zero-order valence-electron chi connectivity index (χ0n) is 13.8. The summed E-state index contributed by atoms with van der Waals surface area (Å²) in [6.45, 7) is 0. The molecule has 132 valence electrons. The van der Waals surface area contributed by atoms with E-state index in [1.807, 2.05) is 12.2 Å². The van der Waals surface area contributed by atoms with Gasteiger partial charge in [0.1, 0.15) is 5.00 Å². The van der Waals surface area contributed by atoms with Crippen molar-refractivity contribution in [3.8, 4) is 0 Å². The number of allylic oxidation sites excluding steroid dienone is 2. The van der Waals surface area contributed by atoms with Crippen molar-refractivity contribution in [3.05, 3.63) is 28.2 Å². The second-order valence-corrected chi connectivity index (χ2v) is 7.99. The minimum Gasteiger partial charge on any atom is -0.481 e. The van der Waals surface area contributed by atoms with Gasteiger partial charge in [-0.25, -0.2) is 4.79 Å². The molecule has 0 spiro atoms. The van der Waals surface area contributed by atoms with Crippen molar-refractivity contribution in [2.45, 2.75) is 25.7 Å². The Morgan fingerprint density at radius 2 is 1.92 bits per heavy atom. The Morgan fingerprint density at radius 3 is 2.60 bits per heavy atom. The number of anilines is 1. The van der Waals surface area contributed by atoms with Gasteiger partial charge in [0.05, 0.1) is 24.5 Å². The number of carboxylic acid groups (broad SMARTS) is 1. The summed E-state index contributed by atoms with van der Waals surface area (Å²) in [5, 5.41) is 12.9. The van der Waals surface area contributed by atoms with Crippen LogP contribution < -0.4 is 5.32 Å². The molecule has 1 fully saturated rings. The lowest BCUT2D eigenvalue weighted by atomic mass is 9.82. The van der Waals surface area contributed by atoms with Crippen molar-refractivity contribution in [1.82, 2.24) is 0 Å². The largest absolute Gasteiger partial charge is 0.481 e. The molecule has 1 aromatic heterocycles. The highest BCUT2D eigenvalue weighted by Crippen LogP contribution is 2.49. The SMILES string of the molecule is COC(=O)c1c(NC(=O)[C@@H]2[C@@H](C(=O)O)[C@@H]3C=C[C@@H]2C3)sc2c1CCC2. The zero-order valence-corrected chi connectivity index (χ0v) is 14.6. The number of esters is 1. The number of ether oxygens (including phenoxy) is 1. The van der Waals surface area contributed by atoms with Crippen molar-refractivity contribution >= 4 is 34.2 Å². The van der Waals surface area contributed by atoms with Gasteiger partial charge in [0, 0.05) is 4.88 Å². The molecule has 0 aliphatic heterocycles. The molecule has 2 N–H and O–H groups in total. The van der Waals surface area contributed by atoms with Crippen LogP contribution in [0.2, 0.25) is 0 Å². The predicted molar refractivity (Wildman–Crippen MR) is 91.7 cm³/mol. The van der Waals surface area contributed by atoms with E-state index < -0.39 is 23.8 Å². The Balaban J connectivity index is 1.63. The first kappa shape index (κ1) is 16.3. The maximum Gasteiger partial charge on any atom is 0.341 e. The van der Waals surface area contributed by atoms with E-state index >= 15 is 0 Å². The van der Waals surface area contributed by atoms with Crippen LogP contribution in [0, 0.1) is 23.7 Å². The number of fused-ring (bicyclic) bond motifs is 3. The fourth-order valence-electron chi connectivity index (χ4n) is 4.52. The highest BCUT2D eigenvalue weighted by Gasteiger charge is 2.51. The normalized spacial score (nSPS) is 28.8. The quantitative estimate of drug-likeness (QED) is 0.635. The minimum atomic E-state index is -0.932. The van der Waals surface area contributed by atoms with E-state index in [1.54, 1.807) is 0 Å². The summed E-state index contributed by atoms with van der Waals surface area (Å²) in [4.78, 5) is 37.8. The van der Waals surface area contributed by atoms with E-state index in [0.717, 1.165) is 29.7 Å². The van der Waals surface area contributed by atoms with E-state index in [-0.39, 0.29) is 17.7 Å². The van der Waals surface area contributed by atoms with Crippen molar-refractivity contribution < 1.29 is 24.2 Å². The van der Waals surface area contributed by atoms with Crippen molar-refractivity contribution in [2.75, 3.05) is 12.4 Å². The van der Waals surface area contributed by atoms with E-state index in [9.17, 15) is 19.5 Å². The number of aryl methyl sites for hydroxylation is 1. The smallest absolute Gasteiger partial charge is 0.341 e. The number of rotatable bonds is 4. The Hall–Kier alpha value is -2.15. The molecule has 7 heteroatoms. The van der Waals surface area contributed by atoms with Crippen LogP contribution in [0.1, 0.15) is 33.6 Å². The van der Waals surface area contributed by atoms with Crippen LogP contribution >= 0.6 is 11.3 Å². The third kappa shape index (κ3) is 2.49. The van der Waals surface area contributed by atoms with Gasteiger partial charge in [0.2, 0.25) is 5.91 Å². The Morgan fingerprint density at radius 1 is 1.20 bits per heavy atom. The molecular weight excluding hydrogens is 342 g/mol. The fraction of sp³-hybridized carbons (Fsp3) is 0.500. The molecule has 1 saturated carbocycles. The van der Waals surface area contributed by atoms with Crippen molar-refractivity contribution in [3.63, 3.8) is 0 Å². The van der Waals surface area contributed by atoms with Crippen LogP contribution in [0.3, 0.4) is 0 Å². The van der Waals surface area contributed by atoms with Crippen molar-refractivity contribution in [1.29, 1.82) is 0 Å². The van der Waals surface area contributed by atoms with Gasteiger partial charge in [0.15, 0.2) is 0 Å². The Kier molecular flexibility index (Phi) is 3.91. The first-order valence-corrected chi connectivity index (χ1v) is 9.27. The molecule has 1 heterocycles. The second kappa shape index (κ2) is 5.98. The maximum absolute atomic E-state index is 12.9. The standard InChI is InChI=1S/C18H19NO5S/c1-24-18(23)14-10-3-2-4-11(10)25-16(14)19-15(20)12-8-5-6-9(7-8)13(12)17(21)22/h5-6,8-9,12-13H,2-4,7H2,1H3,(H,19,20)(H,21,22)/t8-,9-,12+,13+/m1/s1. The maximum atomic E-state index is 12.9. The number of hydrogen-bond donors (Lipinski definition) is 2. The van der Waals surface area contributed by atoms with E-state index in [0.29, 0.717) is 17.0 Å². The molecule has 1 aromatic rings. The molecule has 0 radical (unpaired) electrons. The molecule has 6 nitrogen and oxygen atoms in total. The van der Waals surface area contributed by atoms with Crippen molar-refractivity contribution in [2.24, 2.45) is 23.7 Å². The number of hydrogen-bond acceptors (Lipinski definition) is 5. The van der Waals surface area contributed by atoms with Crippen LogP contribution in [-0.4, -0.2) is 30.1 Å². The third-order valence-corrected chi connectivity index (χ3v) is 6.80. The Labute approximate surface area is 148 Å². The van der Waals surface area contributed by atoms with Gasteiger partial charge in [-0.05, 0) is 43.1 Å². The number of carbonyl (C=O) groups excluding carboxylic acids is 2. The molecule has 4 atom stereocenters. The molecule has 3 aliphatic carbocycles. The first-order chi connectivity index (χ1) is 12.0. The summed E-state index contributed by atoms with van der Waals surface area (Å²) in [6.07, 6.45) is 7.27. The van der Waals surface area contributed by atoms with Crippen LogP contribution in [0.5, 0.6) is 0 Å². The van der Waals surface area contributed by atoms with Crippen LogP contribution in [0.15, 0.2) is 12.2 Å². The van der Waals surface area contributed by atoms with Gasteiger partial charge in [-0.3, -0.25) is 9.59 Å². The molecule has 2 bridgehead atoms. The van der Waals surface area contributed by atoms with Gasteiger partial charge in [-0.1, -0.05) is 12.2 Å². The predicted octanol–water partition coefficient (Wildman–Crippen LogP) is 2.48. The molecule has 0 unspecified atom stereocenters. The van der Waals surface area contributed by atoms with E-state index in [4.69, 9.17) is 4.74 Å². The van der Waals surface area contributed by atoms with Gasteiger partial charge in [-0.15, -0.1) is 11.3 Å². The van der Waals surface area contributed by atoms with Crippen LogP contribution in [0.4, 0.5) is 5.00 Å². The summed E-state index contributed by atoms with van der Waals surface area (Å²) in [7, 11) is 1.33. The number of amides is 1. The van der Waals surface area contributed by atoms with E-state index in [2.05, 4.69) is 5.32 Å². The number of methoxy groups -OCH3 is 1. The number of carbonyl (C=O) groups is 3. The topological polar surface area (TPSA) is 92.7 Å². The number of carboxylic acids is 1. The lowest BCUT2D eigenvalue weighted by molar-refractivity contribution is -0.146. The average molecular weight is 361 g/mol. The monoisotopic (exact) mass is 361 g/mol. The highest BCUT2D eigenvalue weighted by molar-refractivity contribution is 7.17. The van der Waals surface area contributed by atoms with Crippen LogP contribution in [0.25, 0.3) is 0 Å². The highest BCUT2D eigenvalue weighted by atomic mass is 32.1. The molecule has 0 saturated heterocycles. The lowest BCUT2D eigenvalue weighted by Crippen LogP contribution is -2.36. The molecule has 25 heavy (non-hydrogen) atoms. The zero-order chi connectivity index (χ0) is 17.7. The van der Waals surface area contributed by atoms with Gasteiger partial charge in [0.25, 0.3) is 0 Å². The lowest BCUT2D eigenvalue weighted by Gasteiger charge is -2.23. The van der Waals surface area contributed by atoms with Crippen LogP contribution in [-0.2, 0) is 27.2 Å². The summed E-state index contributed by atoms with van der Waals surface area (Å²) in [5.41, 5.74) is 1.41. The molecule has 1 amide bonds.